The summed E-state index contributed by atoms with van der Waals surface area (Å²) in [4.78, 5) is 7.77. The van der Waals surface area contributed by atoms with Crippen molar-refractivity contribution in [1.29, 1.82) is 5.41 Å². The highest BCUT2D eigenvalue weighted by Gasteiger charge is 2.25. The molecule has 0 spiro atoms. The topological polar surface area (TPSA) is 128 Å². The van der Waals surface area contributed by atoms with Crippen LogP contribution in [0.1, 0.15) is 17.7 Å². The number of nitrogens with one attached hydrogen (secondary N) is 2. The number of pyridine rings is 1. The first-order chi connectivity index (χ1) is 14.2. The number of fused-ring (bicyclic) bond motifs is 2. The highest BCUT2D eigenvalue weighted by molar-refractivity contribution is 6.54. The third-order valence-electron chi connectivity index (χ3n) is 4.39. The molecular weight excluding hydrogens is 374 g/mol. The minimum atomic E-state index is -0.144. The number of H-pyrrole nitrogens is 1. The summed E-state index contributed by atoms with van der Waals surface area (Å²) in [6.45, 7) is 0.334. The predicted molar refractivity (Wildman–Crippen MR) is 108 cm³/mol. The molecule has 3 aromatic rings. The molecule has 9 nitrogen and oxygen atoms in total. The number of aromatic nitrogens is 3. The van der Waals surface area contributed by atoms with Crippen molar-refractivity contribution < 1.29 is 19.7 Å². The minimum Gasteiger partial charge on any atom is -0.491 e. The molecule has 29 heavy (non-hydrogen) atoms. The van der Waals surface area contributed by atoms with Gasteiger partial charge in [-0.25, -0.2) is 9.51 Å². The maximum absolute atomic E-state index is 9.10. The van der Waals surface area contributed by atoms with Gasteiger partial charge in [-0.3, -0.25) is 5.41 Å². The molecule has 0 unspecified atom stereocenters. The van der Waals surface area contributed by atoms with Crippen LogP contribution in [-0.2, 0) is 4.74 Å². The lowest BCUT2D eigenvalue weighted by atomic mass is 9.98. The molecule has 0 aromatic carbocycles. The van der Waals surface area contributed by atoms with Gasteiger partial charge in [0.15, 0.2) is 5.69 Å². The molecule has 0 aliphatic heterocycles. The second-order valence-corrected chi connectivity index (χ2v) is 6.33. The zero-order chi connectivity index (χ0) is 20.2. The summed E-state index contributed by atoms with van der Waals surface area (Å²) < 4.78 is 13.0. The Kier molecular flexibility index (Phi) is 5.41. The molecule has 3 heterocycles. The number of hydrogen-bond donors (Lipinski definition) is 4. The van der Waals surface area contributed by atoms with Gasteiger partial charge >= 0.3 is 0 Å². The molecule has 3 aromatic heterocycles. The lowest BCUT2D eigenvalue weighted by Crippen LogP contribution is -2.19. The molecule has 1 aliphatic carbocycles. The first kappa shape index (κ1) is 18.9. The Balaban J connectivity index is 1.79. The molecule has 0 bridgehead atoms. The second-order valence-electron chi connectivity index (χ2n) is 6.33. The third-order valence-corrected chi connectivity index (χ3v) is 4.39. The summed E-state index contributed by atoms with van der Waals surface area (Å²) in [6, 6.07) is 7.37. The van der Waals surface area contributed by atoms with E-state index in [9.17, 15) is 0 Å². The Morgan fingerprint density at radius 1 is 1.14 bits per heavy atom. The quantitative estimate of drug-likeness (QED) is 0.433. The van der Waals surface area contributed by atoms with E-state index >= 15 is 0 Å². The summed E-state index contributed by atoms with van der Waals surface area (Å²) in [6.07, 6.45) is 5.72. The average molecular weight is 395 g/mol. The number of aliphatic hydroxyl groups excluding tert-OH is 2. The Morgan fingerprint density at radius 3 is 2.86 bits per heavy atom. The van der Waals surface area contributed by atoms with Gasteiger partial charge < -0.3 is 24.7 Å². The lowest BCUT2D eigenvalue weighted by Gasteiger charge is -2.17. The highest BCUT2D eigenvalue weighted by atomic mass is 16.5. The number of ether oxygens (including phenoxy) is 2. The zero-order valence-electron chi connectivity index (χ0n) is 15.6. The lowest BCUT2D eigenvalue weighted by molar-refractivity contribution is 0.197. The van der Waals surface area contributed by atoms with E-state index in [0.717, 1.165) is 5.52 Å². The molecule has 0 amide bonds. The van der Waals surface area contributed by atoms with Crippen LogP contribution in [0.25, 0.3) is 11.3 Å². The van der Waals surface area contributed by atoms with E-state index < -0.39 is 0 Å². The molecule has 0 fully saturated rings. The molecule has 0 saturated heterocycles. The maximum Gasteiger partial charge on any atom is 0.260 e. The van der Waals surface area contributed by atoms with Crippen LogP contribution in [-0.4, -0.2) is 62.7 Å². The SMILES string of the molecule is N=C1C(=Nc2c(OCCO)nn3ccccc23)C=C(OCCCO)c2[nH]ccc21. The maximum atomic E-state index is 9.10. The predicted octanol–water partition coefficient (Wildman–Crippen LogP) is 1.93. The van der Waals surface area contributed by atoms with Crippen LogP contribution in [0.2, 0.25) is 0 Å². The van der Waals surface area contributed by atoms with Gasteiger partial charge in [0.2, 0.25) is 0 Å². The molecule has 4 rings (SSSR count). The van der Waals surface area contributed by atoms with Gasteiger partial charge in [-0.15, -0.1) is 5.10 Å². The average Bonchev–Trinajstić information content (AvgIpc) is 3.35. The molecule has 4 N–H and O–H groups in total. The normalized spacial score (nSPS) is 14.9. The van der Waals surface area contributed by atoms with Crippen LogP contribution in [0, 0.1) is 5.41 Å². The van der Waals surface area contributed by atoms with Gasteiger partial charge in [-0.2, -0.15) is 0 Å². The number of hydrogen-bond acceptors (Lipinski definition) is 7. The Hall–Kier alpha value is -3.43. The van der Waals surface area contributed by atoms with E-state index in [1.807, 2.05) is 18.2 Å². The standard InChI is InChI=1S/C20H21N5O4/c21-17-13-5-6-22-18(13)16(28-10-3-8-26)12-14(17)23-19-15-4-1-2-7-25(15)24-20(19)29-11-9-27/h1-2,4-7,12,21-22,26-27H,3,8-11H2. The fraction of sp³-hybridized carbons (Fsp3) is 0.250. The summed E-state index contributed by atoms with van der Waals surface area (Å²) in [7, 11) is 0. The molecule has 0 radical (unpaired) electrons. The Labute approximate surface area is 166 Å². The third kappa shape index (κ3) is 3.65. The van der Waals surface area contributed by atoms with Crippen LogP contribution in [0.15, 0.2) is 47.7 Å². The minimum absolute atomic E-state index is 0.0373. The molecule has 0 saturated carbocycles. The van der Waals surface area contributed by atoms with E-state index in [4.69, 9.17) is 25.1 Å². The number of nitrogens with zero attached hydrogens (tertiary/aromatic N) is 3. The Bertz CT molecular complexity index is 1100. The van der Waals surface area contributed by atoms with Crippen molar-refractivity contribution in [2.45, 2.75) is 6.42 Å². The molecular formula is C20H21N5O4. The largest absolute Gasteiger partial charge is 0.491 e. The van der Waals surface area contributed by atoms with E-state index in [1.54, 1.807) is 29.1 Å². The summed E-state index contributed by atoms with van der Waals surface area (Å²) in [5.74, 6) is 0.837. The van der Waals surface area contributed by atoms with Crippen LogP contribution < -0.4 is 4.74 Å². The molecule has 150 valence electrons. The van der Waals surface area contributed by atoms with Crippen LogP contribution in [0.4, 0.5) is 5.69 Å². The van der Waals surface area contributed by atoms with Crippen molar-refractivity contribution in [2.24, 2.45) is 4.99 Å². The van der Waals surface area contributed by atoms with E-state index in [1.165, 1.54) is 0 Å². The van der Waals surface area contributed by atoms with Gasteiger partial charge in [0.05, 0.1) is 35.8 Å². The molecule has 1 aliphatic rings. The van der Waals surface area contributed by atoms with Crippen molar-refractivity contribution in [3.8, 4) is 5.88 Å². The molecule has 9 heteroatoms. The molecule has 0 atom stereocenters. The fourth-order valence-corrected chi connectivity index (χ4v) is 3.07. The summed E-state index contributed by atoms with van der Waals surface area (Å²) in [5, 5.41) is 31.1. The van der Waals surface area contributed by atoms with Gasteiger partial charge in [0, 0.05) is 37.1 Å². The number of aliphatic imine (C=N–C) groups is 1. The smallest absolute Gasteiger partial charge is 0.260 e. The van der Waals surface area contributed by atoms with Crippen molar-refractivity contribution in [2.75, 3.05) is 26.4 Å². The monoisotopic (exact) mass is 395 g/mol. The number of aromatic amines is 1. The van der Waals surface area contributed by atoms with Crippen molar-refractivity contribution >= 4 is 28.4 Å². The van der Waals surface area contributed by atoms with Gasteiger partial charge in [-0.1, -0.05) is 6.07 Å². The fourth-order valence-electron chi connectivity index (χ4n) is 3.07. The number of rotatable bonds is 8. The van der Waals surface area contributed by atoms with Gasteiger partial charge in [-0.05, 0) is 18.2 Å². The number of allylic oxidation sites excluding steroid dienone is 1. The first-order valence-corrected chi connectivity index (χ1v) is 9.25. The van der Waals surface area contributed by atoms with Crippen LogP contribution in [0.3, 0.4) is 0 Å². The van der Waals surface area contributed by atoms with Gasteiger partial charge in [0.1, 0.15) is 12.4 Å². The second kappa shape index (κ2) is 8.29. The van der Waals surface area contributed by atoms with Crippen molar-refractivity contribution in [3.05, 3.63) is 54.0 Å². The van der Waals surface area contributed by atoms with Crippen LogP contribution in [0.5, 0.6) is 5.88 Å². The number of aliphatic hydroxyl groups is 2. The highest BCUT2D eigenvalue weighted by Crippen LogP contribution is 2.34. The van der Waals surface area contributed by atoms with E-state index in [2.05, 4.69) is 15.1 Å². The summed E-state index contributed by atoms with van der Waals surface area (Å²) >= 11 is 0. The van der Waals surface area contributed by atoms with E-state index in [-0.39, 0.29) is 31.4 Å². The van der Waals surface area contributed by atoms with E-state index in [0.29, 0.717) is 41.4 Å². The van der Waals surface area contributed by atoms with Gasteiger partial charge in [0.25, 0.3) is 5.88 Å². The van der Waals surface area contributed by atoms with Crippen LogP contribution >= 0.6 is 0 Å². The summed E-state index contributed by atoms with van der Waals surface area (Å²) in [5.41, 5.74) is 3.24. The first-order valence-electron chi connectivity index (χ1n) is 9.25. The van der Waals surface area contributed by atoms with Crippen molar-refractivity contribution in [3.63, 3.8) is 0 Å². The van der Waals surface area contributed by atoms with Crippen molar-refractivity contribution in [1.82, 2.24) is 14.6 Å². The zero-order valence-corrected chi connectivity index (χ0v) is 15.6. The Morgan fingerprint density at radius 2 is 2.03 bits per heavy atom.